The standard InChI is InChI=1S/C19H22N2O6S/c1-12-7-8-13(2)16(11-12)28(25,26)20-10-9-17(22)21-15-6-4-5-14(18(15)23)19(24)27-3/h4-8,11,20,23H,9-10H2,1-3H3,(H,21,22). The fourth-order valence-electron chi connectivity index (χ4n) is 2.51. The summed E-state index contributed by atoms with van der Waals surface area (Å²) < 4.78 is 31.8. The van der Waals surface area contributed by atoms with Crippen molar-refractivity contribution in [2.75, 3.05) is 19.0 Å². The zero-order valence-corrected chi connectivity index (χ0v) is 16.6. The molecule has 0 spiro atoms. The van der Waals surface area contributed by atoms with Gasteiger partial charge in [-0.25, -0.2) is 17.9 Å². The number of hydrogen-bond donors (Lipinski definition) is 3. The molecular formula is C19H22N2O6S. The van der Waals surface area contributed by atoms with Gasteiger partial charge in [0.15, 0.2) is 5.75 Å². The molecule has 28 heavy (non-hydrogen) atoms. The Balaban J connectivity index is 2.00. The summed E-state index contributed by atoms with van der Waals surface area (Å²) in [5.74, 6) is -1.69. The molecule has 0 aliphatic carbocycles. The molecule has 0 saturated carbocycles. The van der Waals surface area contributed by atoms with Crippen molar-refractivity contribution in [1.29, 1.82) is 0 Å². The summed E-state index contributed by atoms with van der Waals surface area (Å²) in [6, 6.07) is 9.35. The third kappa shape index (κ3) is 5.08. The molecular weight excluding hydrogens is 384 g/mol. The largest absolute Gasteiger partial charge is 0.505 e. The molecule has 2 rings (SSSR count). The molecule has 0 radical (unpaired) electrons. The summed E-state index contributed by atoms with van der Waals surface area (Å²) in [5, 5.41) is 12.5. The molecule has 0 saturated heterocycles. The minimum absolute atomic E-state index is 0.0327. The normalized spacial score (nSPS) is 11.1. The van der Waals surface area contributed by atoms with Crippen LogP contribution >= 0.6 is 0 Å². The number of amides is 1. The number of sulfonamides is 1. The highest BCUT2D eigenvalue weighted by atomic mass is 32.2. The maximum absolute atomic E-state index is 12.4. The zero-order valence-electron chi connectivity index (χ0n) is 15.8. The minimum Gasteiger partial charge on any atom is -0.505 e. The van der Waals surface area contributed by atoms with Crippen molar-refractivity contribution in [3.05, 3.63) is 53.1 Å². The number of aromatic hydroxyl groups is 1. The number of para-hydroxylation sites is 1. The Morgan fingerprint density at radius 1 is 1.14 bits per heavy atom. The van der Waals surface area contributed by atoms with Crippen molar-refractivity contribution in [1.82, 2.24) is 4.72 Å². The van der Waals surface area contributed by atoms with Gasteiger partial charge in [0, 0.05) is 13.0 Å². The van der Waals surface area contributed by atoms with E-state index in [-0.39, 0.29) is 29.1 Å². The minimum atomic E-state index is -3.75. The van der Waals surface area contributed by atoms with Gasteiger partial charge < -0.3 is 15.2 Å². The number of rotatable bonds is 7. The lowest BCUT2D eigenvalue weighted by atomic mass is 10.1. The predicted octanol–water partition coefficient (Wildman–Crippen LogP) is 2.10. The van der Waals surface area contributed by atoms with Crippen molar-refractivity contribution >= 4 is 27.6 Å². The maximum atomic E-state index is 12.4. The summed E-state index contributed by atoms with van der Waals surface area (Å²) in [5.41, 5.74) is 1.36. The first-order chi connectivity index (χ1) is 13.2. The number of aryl methyl sites for hydroxylation is 2. The van der Waals surface area contributed by atoms with Gasteiger partial charge in [-0.3, -0.25) is 4.79 Å². The molecule has 0 heterocycles. The summed E-state index contributed by atoms with van der Waals surface area (Å²) in [4.78, 5) is 23.8. The summed E-state index contributed by atoms with van der Waals surface area (Å²) in [7, 11) is -2.58. The highest BCUT2D eigenvalue weighted by Gasteiger charge is 2.18. The number of hydrogen-bond acceptors (Lipinski definition) is 6. The van der Waals surface area contributed by atoms with Crippen LogP contribution in [0.25, 0.3) is 0 Å². The van der Waals surface area contributed by atoms with Gasteiger partial charge in [0.2, 0.25) is 15.9 Å². The molecule has 0 bridgehead atoms. The number of anilines is 1. The fourth-order valence-corrected chi connectivity index (χ4v) is 3.86. The second-order valence-corrected chi connectivity index (χ2v) is 7.89. The van der Waals surface area contributed by atoms with Gasteiger partial charge in [0.25, 0.3) is 0 Å². The molecule has 0 atom stereocenters. The number of phenols is 1. The van der Waals surface area contributed by atoms with Crippen LogP contribution in [0.15, 0.2) is 41.3 Å². The first kappa shape index (κ1) is 21.4. The average Bonchev–Trinajstić information content (AvgIpc) is 2.64. The Labute approximate surface area is 163 Å². The molecule has 9 heteroatoms. The molecule has 0 aromatic heterocycles. The summed E-state index contributed by atoms with van der Waals surface area (Å²) >= 11 is 0. The number of nitrogens with one attached hydrogen (secondary N) is 2. The third-order valence-electron chi connectivity index (χ3n) is 3.99. The number of ether oxygens (including phenoxy) is 1. The first-order valence-electron chi connectivity index (χ1n) is 8.42. The van der Waals surface area contributed by atoms with E-state index in [0.717, 1.165) is 5.56 Å². The van der Waals surface area contributed by atoms with Crippen LogP contribution in [0, 0.1) is 13.8 Å². The van der Waals surface area contributed by atoms with Crippen LogP contribution in [0.4, 0.5) is 5.69 Å². The Bertz CT molecular complexity index is 1000. The van der Waals surface area contributed by atoms with Gasteiger partial charge in [0.05, 0.1) is 17.7 Å². The fraction of sp³-hybridized carbons (Fsp3) is 0.263. The van der Waals surface area contributed by atoms with Crippen LogP contribution in [0.1, 0.15) is 27.9 Å². The average molecular weight is 406 g/mol. The van der Waals surface area contributed by atoms with Gasteiger partial charge >= 0.3 is 5.97 Å². The smallest absolute Gasteiger partial charge is 0.341 e. The van der Waals surface area contributed by atoms with E-state index in [0.29, 0.717) is 5.56 Å². The molecule has 1 amide bonds. The van der Waals surface area contributed by atoms with Gasteiger partial charge in [-0.05, 0) is 43.2 Å². The SMILES string of the molecule is COC(=O)c1cccc(NC(=O)CCNS(=O)(=O)c2cc(C)ccc2C)c1O. The predicted molar refractivity (Wildman–Crippen MR) is 104 cm³/mol. The van der Waals surface area contributed by atoms with E-state index in [1.807, 2.05) is 6.07 Å². The lowest BCUT2D eigenvalue weighted by molar-refractivity contribution is -0.116. The second-order valence-electron chi connectivity index (χ2n) is 6.16. The summed E-state index contributed by atoms with van der Waals surface area (Å²) in [6.45, 7) is 3.36. The number of methoxy groups -OCH3 is 1. The Morgan fingerprint density at radius 2 is 1.86 bits per heavy atom. The number of esters is 1. The van der Waals surface area contributed by atoms with E-state index < -0.39 is 27.6 Å². The Morgan fingerprint density at radius 3 is 2.54 bits per heavy atom. The lowest BCUT2D eigenvalue weighted by Gasteiger charge is -2.11. The van der Waals surface area contributed by atoms with Crippen LogP contribution in [0.5, 0.6) is 5.75 Å². The molecule has 0 aliphatic heterocycles. The highest BCUT2D eigenvalue weighted by molar-refractivity contribution is 7.89. The van der Waals surface area contributed by atoms with Crippen LogP contribution in [-0.2, 0) is 19.6 Å². The van der Waals surface area contributed by atoms with Gasteiger partial charge in [-0.15, -0.1) is 0 Å². The van der Waals surface area contributed by atoms with Gasteiger partial charge in [-0.1, -0.05) is 18.2 Å². The van der Waals surface area contributed by atoms with Gasteiger partial charge in [0.1, 0.15) is 5.56 Å². The summed E-state index contributed by atoms with van der Waals surface area (Å²) in [6.07, 6.45) is -0.161. The molecule has 0 aliphatic rings. The monoisotopic (exact) mass is 406 g/mol. The Hall–Kier alpha value is -2.91. The highest BCUT2D eigenvalue weighted by Crippen LogP contribution is 2.28. The molecule has 2 aromatic carbocycles. The van der Waals surface area contributed by atoms with Crippen LogP contribution in [-0.4, -0.2) is 39.1 Å². The Kier molecular flexibility index (Phi) is 6.76. The van der Waals surface area contributed by atoms with E-state index in [9.17, 15) is 23.1 Å². The van der Waals surface area contributed by atoms with Crippen molar-refractivity contribution in [3.63, 3.8) is 0 Å². The number of carbonyl (C=O) groups is 2. The molecule has 8 nitrogen and oxygen atoms in total. The van der Waals surface area contributed by atoms with Crippen molar-refractivity contribution in [3.8, 4) is 5.75 Å². The molecule has 2 aromatic rings. The van der Waals surface area contributed by atoms with Crippen molar-refractivity contribution in [2.45, 2.75) is 25.2 Å². The molecule has 0 unspecified atom stereocenters. The number of carbonyl (C=O) groups excluding carboxylic acids is 2. The number of phenolic OH excluding ortho intramolecular Hbond substituents is 1. The van der Waals surface area contributed by atoms with E-state index >= 15 is 0 Å². The van der Waals surface area contributed by atoms with Crippen molar-refractivity contribution in [2.24, 2.45) is 0 Å². The van der Waals surface area contributed by atoms with Crippen molar-refractivity contribution < 1.29 is 27.9 Å². The topological polar surface area (TPSA) is 122 Å². The van der Waals surface area contributed by atoms with E-state index in [2.05, 4.69) is 14.8 Å². The molecule has 0 fully saturated rings. The van der Waals surface area contributed by atoms with E-state index in [1.165, 1.54) is 25.3 Å². The molecule has 3 N–H and O–H groups in total. The van der Waals surface area contributed by atoms with E-state index in [1.54, 1.807) is 26.0 Å². The number of benzene rings is 2. The lowest BCUT2D eigenvalue weighted by Crippen LogP contribution is -2.28. The maximum Gasteiger partial charge on any atom is 0.341 e. The quantitative estimate of drug-likeness (QED) is 0.478. The molecule has 150 valence electrons. The zero-order chi connectivity index (χ0) is 20.9. The van der Waals surface area contributed by atoms with E-state index in [4.69, 9.17) is 0 Å². The van der Waals surface area contributed by atoms with Crippen LogP contribution < -0.4 is 10.0 Å². The van der Waals surface area contributed by atoms with Gasteiger partial charge in [-0.2, -0.15) is 0 Å². The third-order valence-corrected chi connectivity index (χ3v) is 5.60. The van der Waals surface area contributed by atoms with Crippen LogP contribution in [0.2, 0.25) is 0 Å². The van der Waals surface area contributed by atoms with Crippen LogP contribution in [0.3, 0.4) is 0 Å². The second kappa shape index (κ2) is 8.85. The first-order valence-corrected chi connectivity index (χ1v) is 9.91.